The highest BCUT2D eigenvalue weighted by atomic mass is 16.3. The largest absolute Gasteiger partial charge is 0.394 e. The zero-order chi connectivity index (χ0) is 42.8. The summed E-state index contributed by atoms with van der Waals surface area (Å²) in [4.78, 5) is 12.4. The van der Waals surface area contributed by atoms with Crippen LogP contribution in [0.4, 0.5) is 0 Å². The summed E-state index contributed by atoms with van der Waals surface area (Å²) in [7, 11) is 0. The number of unbranched alkanes of at least 4 members (excludes halogenated alkanes) is 41. The van der Waals surface area contributed by atoms with Gasteiger partial charge in [0.1, 0.15) is 0 Å². The van der Waals surface area contributed by atoms with E-state index in [0.29, 0.717) is 6.42 Å². The summed E-state index contributed by atoms with van der Waals surface area (Å²) in [5.41, 5.74) is 0. The molecule has 350 valence electrons. The molecule has 0 aliphatic carbocycles. The molecule has 0 radical (unpaired) electrons. The smallest absolute Gasteiger partial charge is 0.220 e. The van der Waals surface area contributed by atoms with Gasteiger partial charge in [-0.05, 0) is 32.1 Å². The van der Waals surface area contributed by atoms with Crippen molar-refractivity contribution in [3.63, 3.8) is 0 Å². The van der Waals surface area contributed by atoms with E-state index in [1.54, 1.807) is 6.08 Å². The third-order valence-corrected chi connectivity index (χ3v) is 12.7. The van der Waals surface area contributed by atoms with Crippen LogP contribution in [0.25, 0.3) is 0 Å². The third-order valence-electron chi connectivity index (χ3n) is 12.7. The summed E-state index contributed by atoms with van der Waals surface area (Å²) in [6, 6.07) is -0.633. The lowest BCUT2D eigenvalue weighted by Crippen LogP contribution is -2.45. The molecule has 1 amide bonds. The van der Waals surface area contributed by atoms with E-state index in [2.05, 4.69) is 31.3 Å². The zero-order valence-corrected chi connectivity index (χ0v) is 40.3. The molecule has 0 bridgehead atoms. The predicted octanol–water partition coefficient (Wildman–Crippen LogP) is 17.5. The van der Waals surface area contributed by atoms with Gasteiger partial charge in [-0.15, -0.1) is 0 Å². The van der Waals surface area contributed by atoms with Crippen LogP contribution in [0.3, 0.4) is 0 Å². The number of aliphatic hydroxyl groups is 2. The molecule has 3 N–H and O–H groups in total. The van der Waals surface area contributed by atoms with E-state index in [9.17, 15) is 15.0 Å². The minimum absolute atomic E-state index is 0.0713. The van der Waals surface area contributed by atoms with E-state index in [1.807, 2.05) is 6.08 Å². The summed E-state index contributed by atoms with van der Waals surface area (Å²) in [5, 5.41) is 22.9. The number of nitrogens with one attached hydrogen (secondary N) is 1. The fourth-order valence-electron chi connectivity index (χ4n) is 8.55. The van der Waals surface area contributed by atoms with Crippen LogP contribution in [0.2, 0.25) is 0 Å². The maximum absolute atomic E-state index is 12.4. The van der Waals surface area contributed by atoms with Gasteiger partial charge < -0.3 is 15.5 Å². The Balaban J connectivity index is 3.31. The third kappa shape index (κ3) is 47.8. The van der Waals surface area contributed by atoms with Crippen LogP contribution in [-0.4, -0.2) is 34.9 Å². The van der Waals surface area contributed by atoms with Gasteiger partial charge in [0.15, 0.2) is 0 Å². The first-order valence-electron chi connectivity index (χ1n) is 27.1. The molecule has 2 unspecified atom stereocenters. The lowest BCUT2D eigenvalue weighted by molar-refractivity contribution is -0.123. The first-order chi connectivity index (χ1) is 29.2. The molecule has 59 heavy (non-hydrogen) atoms. The second-order valence-electron chi connectivity index (χ2n) is 18.7. The molecule has 0 aliphatic rings. The fraction of sp³-hybridized carbons (Fsp3) is 0.909. The maximum atomic E-state index is 12.4. The van der Waals surface area contributed by atoms with E-state index < -0.39 is 12.1 Å². The van der Waals surface area contributed by atoms with Crippen molar-refractivity contribution < 1.29 is 15.0 Å². The van der Waals surface area contributed by atoms with Crippen LogP contribution >= 0.6 is 0 Å². The monoisotopic (exact) mass is 830 g/mol. The number of aliphatic hydroxyl groups excluding tert-OH is 2. The molecule has 2 atom stereocenters. The zero-order valence-electron chi connectivity index (χ0n) is 40.3. The number of allylic oxidation sites excluding steroid dienone is 3. The molecule has 4 nitrogen and oxygen atoms in total. The molecule has 4 heteroatoms. The van der Waals surface area contributed by atoms with Crippen LogP contribution in [-0.2, 0) is 4.79 Å². The van der Waals surface area contributed by atoms with Gasteiger partial charge in [-0.2, -0.15) is 0 Å². The van der Waals surface area contributed by atoms with E-state index in [-0.39, 0.29) is 12.5 Å². The Morgan fingerprint density at radius 2 is 0.661 bits per heavy atom. The van der Waals surface area contributed by atoms with Crippen LogP contribution in [0.15, 0.2) is 24.3 Å². The van der Waals surface area contributed by atoms with Crippen LogP contribution in [0, 0.1) is 0 Å². The van der Waals surface area contributed by atoms with Crippen molar-refractivity contribution in [3.05, 3.63) is 24.3 Å². The Kier molecular flexibility index (Phi) is 50.2. The van der Waals surface area contributed by atoms with Gasteiger partial charge in [0.25, 0.3) is 0 Å². The topological polar surface area (TPSA) is 69.6 Å². The van der Waals surface area contributed by atoms with E-state index in [0.717, 1.165) is 32.1 Å². The number of rotatable bonds is 50. The van der Waals surface area contributed by atoms with Crippen molar-refractivity contribution in [1.82, 2.24) is 5.32 Å². The van der Waals surface area contributed by atoms with E-state index in [1.165, 1.54) is 250 Å². The summed E-state index contributed by atoms with van der Waals surface area (Å²) < 4.78 is 0. The Morgan fingerprint density at radius 3 is 0.983 bits per heavy atom. The minimum Gasteiger partial charge on any atom is -0.394 e. The highest BCUT2D eigenvalue weighted by molar-refractivity contribution is 5.76. The molecular formula is C55H107NO3. The molecule has 0 aliphatic heterocycles. The van der Waals surface area contributed by atoms with E-state index in [4.69, 9.17) is 0 Å². The van der Waals surface area contributed by atoms with Gasteiger partial charge in [-0.3, -0.25) is 4.79 Å². The first kappa shape index (κ1) is 57.9. The fourth-order valence-corrected chi connectivity index (χ4v) is 8.55. The number of carbonyl (C=O) groups excluding carboxylic acids is 1. The Labute approximate surface area is 370 Å². The summed E-state index contributed by atoms with van der Waals surface area (Å²) >= 11 is 0. The highest BCUT2D eigenvalue weighted by Gasteiger charge is 2.18. The number of hydrogen-bond donors (Lipinski definition) is 3. The summed E-state index contributed by atoms with van der Waals surface area (Å²) in [6.07, 6.45) is 68.0. The molecule has 0 rings (SSSR count). The standard InChI is InChI=1S/C55H107NO3/c1-3-5-7-9-11-13-14-15-16-17-18-19-20-21-22-23-24-25-26-27-28-29-30-31-32-33-34-35-36-37-38-39-40-41-43-45-47-49-51-55(59)56-53(52-57)54(58)50-48-46-44-42-12-10-8-6-4-2/h12,42,48,50,53-54,57-58H,3-11,13-41,43-47,49,51-52H2,1-2H3,(H,56,59)/b42-12+,50-48+. The molecule has 0 aromatic rings. The van der Waals surface area contributed by atoms with Gasteiger partial charge in [-0.25, -0.2) is 0 Å². The molecule has 0 aromatic heterocycles. The van der Waals surface area contributed by atoms with Crippen molar-refractivity contribution in [1.29, 1.82) is 0 Å². The van der Waals surface area contributed by atoms with Crippen molar-refractivity contribution >= 4 is 5.91 Å². The number of hydrogen-bond acceptors (Lipinski definition) is 3. The van der Waals surface area contributed by atoms with Crippen molar-refractivity contribution in [2.45, 2.75) is 315 Å². The van der Waals surface area contributed by atoms with Crippen molar-refractivity contribution in [2.75, 3.05) is 6.61 Å². The summed E-state index contributed by atoms with van der Waals surface area (Å²) in [5.74, 6) is -0.0713. The van der Waals surface area contributed by atoms with Crippen LogP contribution in [0.5, 0.6) is 0 Å². The number of carbonyl (C=O) groups is 1. The quantitative estimate of drug-likeness (QED) is 0.0422. The predicted molar refractivity (Wildman–Crippen MR) is 262 cm³/mol. The lowest BCUT2D eigenvalue weighted by Gasteiger charge is -2.19. The van der Waals surface area contributed by atoms with Crippen LogP contribution < -0.4 is 5.32 Å². The normalized spacial score (nSPS) is 12.9. The van der Waals surface area contributed by atoms with Gasteiger partial charge in [0.2, 0.25) is 5.91 Å². The Hall–Kier alpha value is -1.13. The van der Waals surface area contributed by atoms with Crippen LogP contribution in [0.1, 0.15) is 303 Å². The Bertz CT molecular complexity index is 855. The molecule has 0 saturated heterocycles. The average Bonchev–Trinajstić information content (AvgIpc) is 3.24. The molecule has 0 heterocycles. The average molecular weight is 830 g/mol. The van der Waals surface area contributed by atoms with E-state index >= 15 is 0 Å². The van der Waals surface area contributed by atoms with Gasteiger partial charge in [-0.1, -0.05) is 289 Å². The summed E-state index contributed by atoms with van der Waals surface area (Å²) in [6.45, 7) is 4.27. The SMILES string of the molecule is CCCCC/C=C/CC/C=C/C(O)C(CO)NC(=O)CCCCCCCCCCCCCCCCCCCCCCCCCCCCCCCCCCCCCCCC. The maximum Gasteiger partial charge on any atom is 0.220 e. The molecule has 0 spiro atoms. The molecule has 0 saturated carbocycles. The minimum atomic E-state index is -0.856. The lowest BCUT2D eigenvalue weighted by atomic mass is 10.0. The second-order valence-corrected chi connectivity index (χ2v) is 18.7. The first-order valence-corrected chi connectivity index (χ1v) is 27.1. The van der Waals surface area contributed by atoms with Gasteiger partial charge in [0.05, 0.1) is 18.8 Å². The van der Waals surface area contributed by atoms with Gasteiger partial charge >= 0.3 is 0 Å². The number of amides is 1. The van der Waals surface area contributed by atoms with Crippen molar-refractivity contribution in [2.24, 2.45) is 0 Å². The molecule has 0 fully saturated rings. The Morgan fingerprint density at radius 1 is 0.390 bits per heavy atom. The molecular weight excluding hydrogens is 723 g/mol. The van der Waals surface area contributed by atoms with Crippen molar-refractivity contribution in [3.8, 4) is 0 Å². The molecule has 0 aromatic carbocycles. The highest BCUT2D eigenvalue weighted by Crippen LogP contribution is 2.18. The van der Waals surface area contributed by atoms with Gasteiger partial charge in [0, 0.05) is 6.42 Å². The second kappa shape index (κ2) is 51.2.